The van der Waals surface area contributed by atoms with Crippen molar-refractivity contribution >= 4 is 40.9 Å². The maximum atomic E-state index is 12.7. The number of hydrogen-bond acceptors (Lipinski definition) is 8. The van der Waals surface area contributed by atoms with Crippen LogP contribution in [0.15, 0.2) is 24.3 Å². The highest BCUT2D eigenvalue weighted by atomic mass is 32.1. The number of hydrogen-bond donors (Lipinski definition) is 2. The predicted molar refractivity (Wildman–Crippen MR) is 112 cm³/mol. The summed E-state index contributed by atoms with van der Waals surface area (Å²) >= 11 is 5.20. The van der Waals surface area contributed by atoms with Crippen molar-refractivity contribution in [2.45, 2.75) is 64.5 Å². The van der Waals surface area contributed by atoms with Gasteiger partial charge < -0.3 is 29.6 Å². The van der Waals surface area contributed by atoms with Gasteiger partial charge >= 0.3 is 24.1 Å². The lowest BCUT2D eigenvalue weighted by atomic mass is 9.98. The first-order valence-corrected chi connectivity index (χ1v) is 10.1. The van der Waals surface area contributed by atoms with Crippen LogP contribution in [0.25, 0.3) is 0 Å². The molecule has 182 valence electrons. The zero-order valence-electron chi connectivity index (χ0n) is 18.1. The minimum atomic E-state index is -4.48. The number of esters is 3. The van der Waals surface area contributed by atoms with E-state index in [-0.39, 0.29) is 10.8 Å². The first kappa shape index (κ1) is 26.3. The van der Waals surface area contributed by atoms with Crippen molar-refractivity contribution in [1.82, 2.24) is 5.32 Å². The van der Waals surface area contributed by atoms with Gasteiger partial charge in [0.15, 0.2) is 29.7 Å². The number of anilines is 1. The van der Waals surface area contributed by atoms with Gasteiger partial charge in [0.25, 0.3) is 0 Å². The molecule has 2 N–H and O–H groups in total. The van der Waals surface area contributed by atoms with Gasteiger partial charge in [-0.3, -0.25) is 14.4 Å². The molecule has 2 rings (SSSR count). The molecule has 1 aromatic rings. The summed E-state index contributed by atoms with van der Waals surface area (Å²) in [6.45, 7) is 4.97. The van der Waals surface area contributed by atoms with Crippen LogP contribution in [0.2, 0.25) is 0 Å². The maximum Gasteiger partial charge on any atom is 0.416 e. The molecule has 1 saturated heterocycles. The molecule has 0 aliphatic carbocycles. The second kappa shape index (κ2) is 10.8. The Morgan fingerprint density at radius 3 is 1.88 bits per heavy atom. The smallest absolute Gasteiger partial charge is 0.416 e. The average Bonchev–Trinajstić information content (AvgIpc) is 2.66. The first-order valence-electron chi connectivity index (χ1n) is 9.70. The number of halogens is 3. The summed E-state index contributed by atoms with van der Waals surface area (Å²) in [6.07, 6.45) is -9.99. The number of benzene rings is 1. The Balaban J connectivity index is 2.21. The third kappa shape index (κ3) is 7.56. The fourth-order valence-corrected chi connectivity index (χ4v) is 3.40. The van der Waals surface area contributed by atoms with Crippen LogP contribution >= 0.6 is 12.2 Å². The topological polar surface area (TPSA) is 112 Å². The lowest BCUT2D eigenvalue weighted by Gasteiger charge is -2.44. The van der Waals surface area contributed by atoms with Crippen LogP contribution in [-0.2, 0) is 39.5 Å². The molecule has 0 bridgehead atoms. The largest absolute Gasteiger partial charge is 0.456 e. The normalized spacial score (nSPS) is 24.9. The molecular formula is C20H23F3N2O7S. The van der Waals surface area contributed by atoms with E-state index in [4.69, 9.17) is 31.2 Å². The van der Waals surface area contributed by atoms with Gasteiger partial charge in [0.05, 0.1) is 11.7 Å². The molecule has 5 atom stereocenters. The summed E-state index contributed by atoms with van der Waals surface area (Å²) in [5.41, 5.74) is -0.574. The van der Waals surface area contributed by atoms with Gasteiger partial charge in [0, 0.05) is 26.5 Å². The SMILES string of the molecule is CC(=O)O[C@@H]1[C@@H](OC(C)=O)[C@H](C)O[C@@H](NC(=S)Nc2ccc(C(F)(F)F)cc2)[C@@H]1OC(C)=O. The minimum Gasteiger partial charge on any atom is -0.456 e. The van der Waals surface area contributed by atoms with Crippen molar-refractivity contribution in [3.05, 3.63) is 29.8 Å². The van der Waals surface area contributed by atoms with Crippen molar-refractivity contribution in [1.29, 1.82) is 0 Å². The summed E-state index contributed by atoms with van der Waals surface area (Å²) in [6, 6.07) is 4.13. The van der Waals surface area contributed by atoms with Gasteiger partial charge in [-0.05, 0) is 43.4 Å². The summed E-state index contributed by atoms with van der Waals surface area (Å²) in [4.78, 5) is 34.9. The number of carbonyl (C=O) groups is 3. The van der Waals surface area contributed by atoms with E-state index in [2.05, 4.69) is 10.6 Å². The molecule has 0 unspecified atom stereocenters. The minimum absolute atomic E-state index is 0.0726. The van der Waals surface area contributed by atoms with E-state index in [9.17, 15) is 27.6 Å². The van der Waals surface area contributed by atoms with Gasteiger partial charge in [0.1, 0.15) is 0 Å². The summed E-state index contributed by atoms with van der Waals surface area (Å²) < 4.78 is 59.7. The molecule has 1 heterocycles. The first-order chi connectivity index (χ1) is 15.3. The Labute approximate surface area is 192 Å². The number of alkyl halides is 3. The Hall–Kier alpha value is -2.93. The maximum absolute atomic E-state index is 12.7. The molecule has 0 aromatic heterocycles. The zero-order chi connectivity index (χ0) is 24.9. The van der Waals surface area contributed by atoms with Crippen LogP contribution in [-0.4, -0.2) is 53.7 Å². The molecule has 0 saturated carbocycles. The highest BCUT2D eigenvalue weighted by molar-refractivity contribution is 7.80. The van der Waals surface area contributed by atoms with Crippen molar-refractivity contribution < 1.29 is 46.5 Å². The van der Waals surface area contributed by atoms with Crippen LogP contribution in [0, 0.1) is 0 Å². The summed E-state index contributed by atoms with van der Waals surface area (Å²) in [5, 5.41) is 5.36. The van der Waals surface area contributed by atoms with Crippen LogP contribution in [0.4, 0.5) is 18.9 Å². The van der Waals surface area contributed by atoms with Crippen LogP contribution < -0.4 is 10.6 Å². The number of carbonyl (C=O) groups excluding carboxylic acids is 3. The van der Waals surface area contributed by atoms with Crippen LogP contribution in [0.3, 0.4) is 0 Å². The molecule has 1 aromatic carbocycles. The lowest BCUT2D eigenvalue weighted by Crippen LogP contribution is -2.65. The Morgan fingerprint density at radius 2 is 1.39 bits per heavy atom. The van der Waals surface area contributed by atoms with Crippen LogP contribution in [0.5, 0.6) is 0 Å². The van der Waals surface area contributed by atoms with Gasteiger partial charge in [-0.15, -0.1) is 0 Å². The number of thiocarbonyl (C=S) groups is 1. The predicted octanol–water partition coefficient (Wildman–Crippen LogP) is 2.53. The number of rotatable bonds is 5. The fourth-order valence-electron chi connectivity index (χ4n) is 3.17. The Bertz CT molecular complexity index is 895. The molecule has 9 nitrogen and oxygen atoms in total. The van der Waals surface area contributed by atoms with E-state index in [0.29, 0.717) is 0 Å². The van der Waals surface area contributed by atoms with Gasteiger partial charge in [-0.1, -0.05) is 0 Å². The van der Waals surface area contributed by atoms with E-state index in [1.54, 1.807) is 6.92 Å². The molecule has 0 radical (unpaired) electrons. The van der Waals surface area contributed by atoms with E-state index < -0.39 is 60.3 Å². The fraction of sp³-hybridized carbons (Fsp3) is 0.500. The van der Waals surface area contributed by atoms with Crippen molar-refractivity contribution in [3.8, 4) is 0 Å². The van der Waals surface area contributed by atoms with Crippen molar-refractivity contribution in [2.24, 2.45) is 0 Å². The molecular weight excluding hydrogens is 469 g/mol. The second-order valence-corrected chi connectivity index (χ2v) is 7.57. The highest BCUT2D eigenvalue weighted by Crippen LogP contribution is 2.30. The molecule has 0 amide bonds. The number of nitrogens with one attached hydrogen (secondary N) is 2. The van der Waals surface area contributed by atoms with E-state index >= 15 is 0 Å². The standard InChI is InChI=1S/C20H23F3N2O7S/c1-9-15(30-10(2)26)16(31-11(3)27)17(32-12(4)28)18(29-9)25-19(33)24-14-7-5-13(6-8-14)20(21,22)23/h5-9,15-18H,1-4H3,(H2,24,25,33)/t9-,15-,16+,17+,18+/m0/s1. The molecule has 33 heavy (non-hydrogen) atoms. The molecule has 1 aliphatic heterocycles. The Kier molecular flexibility index (Phi) is 8.61. The molecule has 0 spiro atoms. The quantitative estimate of drug-likeness (QED) is 0.361. The monoisotopic (exact) mass is 492 g/mol. The van der Waals surface area contributed by atoms with Gasteiger partial charge in [-0.25, -0.2) is 0 Å². The summed E-state index contributed by atoms with van der Waals surface area (Å²) in [5.74, 6) is -2.11. The van der Waals surface area contributed by atoms with E-state index in [1.807, 2.05) is 0 Å². The zero-order valence-corrected chi connectivity index (χ0v) is 18.9. The van der Waals surface area contributed by atoms with Crippen molar-refractivity contribution in [2.75, 3.05) is 5.32 Å². The van der Waals surface area contributed by atoms with Crippen LogP contribution in [0.1, 0.15) is 33.3 Å². The van der Waals surface area contributed by atoms with Gasteiger partial charge in [0.2, 0.25) is 0 Å². The third-order valence-corrected chi connectivity index (χ3v) is 4.64. The Morgan fingerprint density at radius 1 is 0.909 bits per heavy atom. The lowest BCUT2D eigenvalue weighted by molar-refractivity contribution is -0.246. The van der Waals surface area contributed by atoms with E-state index in [0.717, 1.165) is 32.9 Å². The number of ether oxygens (including phenoxy) is 4. The van der Waals surface area contributed by atoms with E-state index in [1.165, 1.54) is 12.1 Å². The summed E-state index contributed by atoms with van der Waals surface area (Å²) in [7, 11) is 0. The van der Waals surface area contributed by atoms with Crippen molar-refractivity contribution in [3.63, 3.8) is 0 Å². The molecule has 1 fully saturated rings. The molecule has 1 aliphatic rings. The molecule has 13 heteroatoms. The highest BCUT2D eigenvalue weighted by Gasteiger charge is 2.50. The second-order valence-electron chi connectivity index (χ2n) is 7.16. The average molecular weight is 492 g/mol. The van der Waals surface area contributed by atoms with Gasteiger partial charge in [-0.2, -0.15) is 13.2 Å². The third-order valence-electron chi connectivity index (χ3n) is 4.42.